The Morgan fingerprint density at radius 2 is 2.16 bits per heavy atom. The molecule has 19 heavy (non-hydrogen) atoms. The second-order valence-electron chi connectivity index (χ2n) is 5.02. The minimum Gasteiger partial charge on any atom is -0.462 e. The fourth-order valence-electron chi connectivity index (χ4n) is 2.46. The molecule has 0 bridgehead atoms. The molecular formula is C12H20N2O4S. The normalized spacial score (nSPS) is 22.8. The van der Waals surface area contributed by atoms with Crippen molar-refractivity contribution in [2.75, 3.05) is 26.7 Å². The van der Waals surface area contributed by atoms with Gasteiger partial charge in [-0.3, -0.25) is 0 Å². The van der Waals surface area contributed by atoms with E-state index in [0.717, 1.165) is 0 Å². The Hall–Kier alpha value is -0.890. The number of sulfonamides is 1. The van der Waals surface area contributed by atoms with E-state index in [1.807, 2.05) is 14.0 Å². The van der Waals surface area contributed by atoms with E-state index in [-0.39, 0.29) is 23.3 Å². The summed E-state index contributed by atoms with van der Waals surface area (Å²) in [6.45, 7) is 5.10. The second-order valence-corrected chi connectivity index (χ2v) is 6.88. The number of hydrogen-bond acceptors (Lipinski definition) is 5. The summed E-state index contributed by atoms with van der Waals surface area (Å²) in [5.74, 6) is 0.605. The van der Waals surface area contributed by atoms with Gasteiger partial charge in [0.1, 0.15) is 23.0 Å². The topological polar surface area (TPSA) is 74.0 Å². The summed E-state index contributed by atoms with van der Waals surface area (Å²) in [6, 6.07) is 1.34. The molecule has 0 saturated carbocycles. The maximum Gasteiger partial charge on any atom is 0.246 e. The molecule has 1 saturated heterocycles. The lowest BCUT2D eigenvalue weighted by molar-refractivity contribution is 0.170. The van der Waals surface area contributed by atoms with Crippen LogP contribution in [0.1, 0.15) is 18.4 Å². The molecule has 0 aliphatic carbocycles. The van der Waals surface area contributed by atoms with Crippen LogP contribution in [0.15, 0.2) is 15.4 Å². The van der Waals surface area contributed by atoms with E-state index in [9.17, 15) is 8.42 Å². The molecule has 1 unspecified atom stereocenters. The molecule has 0 amide bonds. The van der Waals surface area contributed by atoms with Gasteiger partial charge in [0.2, 0.25) is 10.0 Å². The minimum atomic E-state index is -3.55. The van der Waals surface area contributed by atoms with Crippen molar-refractivity contribution in [2.24, 2.45) is 0 Å². The van der Waals surface area contributed by atoms with Crippen LogP contribution in [-0.2, 0) is 16.6 Å². The number of aliphatic hydroxyl groups excluding tert-OH is 1. The van der Waals surface area contributed by atoms with Crippen LogP contribution >= 0.6 is 0 Å². The number of likely N-dealkylation sites (N-methyl/N-ethyl adjacent to an activating group) is 1. The summed E-state index contributed by atoms with van der Waals surface area (Å²) < 4.78 is 32.0. The quantitative estimate of drug-likeness (QED) is 0.872. The average molecular weight is 288 g/mol. The minimum absolute atomic E-state index is 0.0735. The third-order valence-corrected chi connectivity index (χ3v) is 5.56. The lowest BCUT2D eigenvalue weighted by atomic mass is 10.2. The summed E-state index contributed by atoms with van der Waals surface area (Å²) in [6.07, 6.45) is 0. The van der Waals surface area contributed by atoms with E-state index in [2.05, 4.69) is 4.90 Å². The van der Waals surface area contributed by atoms with Crippen molar-refractivity contribution < 1.29 is 17.9 Å². The molecule has 0 radical (unpaired) electrons. The van der Waals surface area contributed by atoms with E-state index in [1.54, 1.807) is 6.92 Å². The highest BCUT2D eigenvalue weighted by atomic mass is 32.2. The zero-order chi connectivity index (χ0) is 14.2. The smallest absolute Gasteiger partial charge is 0.246 e. The Morgan fingerprint density at radius 1 is 1.47 bits per heavy atom. The molecule has 1 N–H and O–H groups in total. The Balaban J connectivity index is 2.34. The SMILES string of the molecule is Cc1oc(CO)cc1S(=O)(=O)N1CCN(C)CC1C. The van der Waals surface area contributed by atoms with Gasteiger partial charge in [0.15, 0.2) is 0 Å². The van der Waals surface area contributed by atoms with Gasteiger partial charge >= 0.3 is 0 Å². The van der Waals surface area contributed by atoms with Gasteiger partial charge in [0.25, 0.3) is 0 Å². The number of aryl methyl sites for hydroxylation is 1. The van der Waals surface area contributed by atoms with Gasteiger partial charge in [0, 0.05) is 31.7 Å². The molecule has 2 rings (SSSR count). The summed E-state index contributed by atoms with van der Waals surface area (Å²) in [5, 5.41) is 9.03. The molecule has 0 spiro atoms. The van der Waals surface area contributed by atoms with Crippen LogP contribution in [0.25, 0.3) is 0 Å². The third-order valence-electron chi connectivity index (χ3n) is 3.44. The number of aliphatic hydroxyl groups is 1. The molecule has 6 nitrogen and oxygen atoms in total. The molecule has 1 aromatic heterocycles. The Bertz CT molecular complexity index is 552. The summed E-state index contributed by atoms with van der Waals surface area (Å²) in [4.78, 5) is 2.27. The van der Waals surface area contributed by atoms with Crippen molar-refractivity contribution in [3.63, 3.8) is 0 Å². The van der Waals surface area contributed by atoms with Crippen LogP contribution in [0.2, 0.25) is 0 Å². The lowest BCUT2D eigenvalue weighted by Gasteiger charge is -2.36. The summed E-state index contributed by atoms with van der Waals surface area (Å²) in [7, 11) is -1.57. The lowest BCUT2D eigenvalue weighted by Crippen LogP contribution is -2.52. The highest BCUT2D eigenvalue weighted by molar-refractivity contribution is 7.89. The molecule has 1 aliphatic rings. The van der Waals surface area contributed by atoms with Crippen molar-refractivity contribution in [1.29, 1.82) is 0 Å². The fraction of sp³-hybridized carbons (Fsp3) is 0.667. The summed E-state index contributed by atoms with van der Waals surface area (Å²) in [5.41, 5.74) is 0. The number of furan rings is 1. The standard InChI is InChI=1S/C12H20N2O4S/c1-9-7-13(3)4-5-14(9)19(16,17)12-6-11(8-15)18-10(12)2/h6,9,15H,4-5,7-8H2,1-3H3. The Kier molecular flexibility index (Phi) is 4.00. The Labute approximate surface area is 113 Å². The molecule has 108 valence electrons. The van der Waals surface area contributed by atoms with Crippen LogP contribution in [-0.4, -0.2) is 55.5 Å². The Morgan fingerprint density at radius 3 is 2.68 bits per heavy atom. The van der Waals surface area contributed by atoms with Gasteiger partial charge in [-0.2, -0.15) is 4.31 Å². The van der Waals surface area contributed by atoms with Gasteiger partial charge in [-0.1, -0.05) is 0 Å². The predicted octanol–water partition coefficient (Wildman–Crippen LogP) is 0.405. The molecule has 1 atom stereocenters. The van der Waals surface area contributed by atoms with E-state index < -0.39 is 10.0 Å². The first-order valence-electron chi connectivity index (χ1n) is 6.27. The summed E-state index contributed by atoms with van der Waals surface area (Å²) >= 11 is 0. The van der Waals surface area contributed by atoms with Crippen molar-refractivity contribution in [1.82, 2.24) is 9.21 Å². The highest BCUT2D eigenvalue weighted by Crippen LogP contribution is 2.26. The van der Waals surface area contributed by atoms with E-state index >= 15 is 0 Å². The molecule has 7 heteroatoms. The van der Waals surface area contributed by atoms with Crippen molar-refractivity contribution >= 4 is 10.0 Å². The number of rotatable bonds is 3. The van der Waals surface area contributed by atoms with Crippen molar-refractivity contribution in [2.45, 2.75) is 31.4 Å². The van der Waals surface area contributed by atoms with Gasteiger partial charge in [0.05, 0.1) is 0 Å². The van der Waals surface area contributed by atoms with Crippen molar-refractivity contribution in [3.8, 4) is 0 Å². The number of hydrogen-bond donors (Lipinski definition) is 1. The van der Waals surface area contributed by atoms with E-state index in [4.69, 9.17) is 9.52 Å². The van der Waals surface area contributed by atoms with E-state index in [1.165, 1.54) is 10.4 Å². The maximum absolute atomic E-state index is 12.6. The molecule has 2 heterocycles. The van der Waals surface area contributed by atoms with Gasteiger partial charge in [-0.15, -0.1) is 0 Å². The predicted molar refractivity (Wildman–Crippen MR) is 70.2 cm³/mol. The van der Waals surface area contributed by atoms with E-state index in [0.29, 0.717) is 25.4 Å². The van der Waals surface area contributed by atoms with Crippen LogP contribution in [0.3, 0.4) is 0 Å². The van der Waals surface area contributed by atoms with Gasteiger partial charge in [-0.05, 0) is 20.9 Å². The molecule has 1 aromatic rings. The maximum atomic E-state index is 12.6. The monoisotopic (exact) mass is 288 g/mol. The van der Waals surface area contributed by atoms with Gasteiger partial charge in [-0.25, -0.2) is 8.42 Å². The van der Waals surface area contributed by atoms with Crippen LogP contribution in [0.4, 0.5) is 0 Å². The van der Waals surface area contributed by atoms with Crippen molar-refractivity contribution in [3.05, 3.63) is 17.6 Å². The zero-order valence-electron chi connectivity index (χ0n) is 11.5. The second kappa shape index (κ2) is 5.24. The highest BCUT2D eigenvalue weighted by Gasteiger charge is 2.34. The first-order valence-corrected chi connectivity index (χ1v) is 7.71. The molecule has 1 aliphatic heterocycles. The molecule has 1 fully saturated rings. The first kappa shape index (κ1) is 14.5. The van der Waals surface area contributed by atoms with Crippen LogP contribution < -0.4 is 0 Å². The molecule has 0 aromatic carbocycles. The number of piperazine rings is 1. The average Bonchev–Trinajstić information content (AvgIpc) is 2.70. The van der Waals surface area contributed by atoms with Gasteiger partial charge < -0.3 is 14.4 Å². The fourth-order valence-corrected chi connectivity index (χ4v) is 4.27. The zero-order valence-corrected chi connectivity index (χ0v) is 12.3. The van der Waals surface area contributed by atoms with Crippen LogP contribution in [0, 0.1) is 6.92 Å². The number of nitrogens with zero attached hydrogens (tertiary/aromatic N) is 2. The largest absolute Gasteiger partial charge is 0.462 e. The molecular weight excluding hydrogens is 268 g/mol. The third kappa shape index (κ3) is 2.69. The first-order chi connectivity index (χ1) is 8.86. The van der Waals surface area contributed by atoms with Crippen LogP contribution in [0.5, 0.6) is 0 Å².